The van der Waals surface area contributed by atoms with Crippen LogP contribution in [0.25, 0.3) is 0 Å². The zero-order chi connectivity index (χ0) is 13.6. The highest BCUT2D eigenvalue weighted by Crippen LogP contribution is 2.39. The lowest BCUT2D eigenvalue weighted by Crippen LogP contribution is -2.35. The van der Waals surface area contributed by atoms with Gasteiger partial charge in [0, 0.05) is 17.1 Å². The van der Waals surface area contributed by atoms with Crippen molar-refractivity contribution in [3.05, 3.63) is 22.7 Å². The number of rotatable bonds is 5. The molecule has 2 fully saturated rings. The molecule has 1 aromatic rings. The van der Waals surface area contributed by atoms with E-state index < -0.39 is 10.0 Å². The minimum atomic E-state index is -3.47. The van der Waals surface area contributed by atoms with Crippen LogP contribution in [-0.2, 0) is 10.0 Å². The largest absolute Gasteiger partial charge is 0.398 e. The van der Waals surface area contributed by atoms with E-state index in [0.717, 1.165) is 30.2 Å². The summed E-state index contributed by atoms with van der Waals surface area (Å²) in [5.41, 5.74) is 6.18. The van der Waals surface area contributed by atoms with Crippen LogP contribution in [0.5, 0.6) is 0 Å². The number of halogens is 1. The maximum Gasteiger partial charge on any atom is 0.245 e. The van der Waals surface area contributed by atoms with Gasteiger partial charge in [0.1, 0.15) is 4.90 Å². The van der Waals surface area contributed by atoms with Gasteiger partial charge in [-0.2, -0.15) is 4.31 Å². The van der Waals surface area contributed by atoms with Crippen molar-refractivity contribution < 1.29 is 8.42 Å². The Labute approximate surface area is 122 Å². The summed E-state index contributed by atoms with van der Waals surface area (Å²) in [6, 6.07) is 5.19. The number of benzene rings is 1. The molecule has 3 rings (SSSR count). The first-order valence-corrected chi connectivity index (χ1v) is 8.78. The Hall–Kier alpha value is -0.590. The third-order valence-corrected chi connectivity index (χ3v) is 6.12. The predicted molar refractivity (Wildman–Crippen MR) is 78.2 cm³/mol. The van der Waals surface area contributed by atoms with E-state index in [9.17, 15) is 8.42 Å². The quantitative estimate of drug-likeness (QED) is 0.835. The van der Waals surface area contributed by atoms with E-state index in [1.54, 1.807) is 22.5 Å². The number of hydrogen-bond acceptors (Lipinski definition) is 3. The van der Waals surface area contributed by atoms with E-state index in [1.807, 2.05) is 0 Å². The van der Waals surface area contributed by atoms with Crippen LogP contribution in [0.1, 0.15) is 25.7 Å². The first kappa shape index (κ1) is 13.4. The summed E-state index contributed by atoms with van der Waals surface area (Å²) in [6.45, 7) is 0.652. The molecule has 19 heavy (non-hydrogen) atoms. The second-order valence-electron chi connectivity index (χ2n) is 5.43. The fraction of sp³-hybridized carbons (Fsp3) is 0.538. The molecule has 0 heterocycles. The Morgan fingerprint density at radius 2 is 1.95 bits per heavy atom. The highest BCUT2D eigenvalue weighted by atomic mass is 79.9. The molecule has 0 spiro atoms. The summed E-state index contributed by atoms with van der Waals surface area (Å²) in [5.74, 6) is 0.545. The molecule has 0 unspecified atom stereocenters. The van der Waals surface area contributed by atoms with E-state index >= 15 is 0 Å². The van der Waals surface area contributed by atoms with Gasteiger partial charge in [-0.3, -0.25) is 0 Å². The third kappa shape index (κ3) is 2.80. The Kier molecular flexibility index (Phi) is 3.35. The van der Waals surface area contributed by atoms with Crippen molar-refractivity contribution in [3.8, 4) is 0 Å². The number of nitrogens with two attached hydrogens (primary N) is 1. The van der Waals surface area contributed by atoms with Crippen molar-refractivity contribution in [3.63, 3.8) is 0 Å². The maximum atomic E-state index is 12.8. The number of anilines is 1. The molecule has 0 saturated heterocycles. The summed E-state index contributed by atoms with van der Waals surface area (Å²) in [6.07, 6.45) is 4.24. The fourth-order valence-corrected chi connectivity index (χ4v) is 4.64. The van der Waals surface area contributed by atoms with Gasteiger partial charge in [-0.05, 0) is 49.8 Å². The van der Waals surface area contributed by atoms with E-state index in [1.165, 1.54) is 0 Å². The number of nitrogen functional groups attached to an aromatic ring is 1. The van der Waals surface area contributed by atoms with Gasteiger partial charge in [-0.15, -0.1) is 0 Å². The van der Waals surface area contributed by atoms with Crippen LogP contribution in [0, 0.1) is 5.92 Å². The molecule has 2 saturated carbocycles. The summed E-state index contributed by atoms with van der Waals surface area (Å²) >= 11 is 3.32. The van der Waals surface area contributed by atoms with Crippen LogP contribution < -0.4 is 5.73 Å². The molecule has 2 aliphatic carbocycles. The van der Waals surface area contributed by atoms with Crippen molar-refractivity contribution in [1.82, 2.24) is 4.31 Å². The van der Waals surface area contributed by atoms with Crippen LogP contribution in [0.4, 0.5) is 5.69 Å². The molecule has 2 N–H and O–H groups in total. The van der Waals surface area contributed by atoms with E-state index in [0.29, 0.717) is 18.2 Å². The monoisotopic (exact) mass is 344 g/mol. The van der Waals surface area contributed by atoms with Gasteiger partial charge in [0.25, 0.3) is 0 Å². The lowest BCUT2D eigenvalue weighted by Gasteiger charge is -2.22. The lowest BCUT2D eigenvalue weighted by atomic mass is 10.3. The average Bonchev–Trinajstić information content (AvgIpc) is 3.22. The predicted octanol–water partition coefficient (Wildman–Crippen LogP) is 2.59. The van der Waals surface area contributed by atoms with Crippen LogP contribution >= 0.6 is 15.9 Å². The summed E-state index contributed by atoms with van der Waals surface area (Å²) in [4.78, 5) is 0.231. The number of hydrogen-bond donors (Lipinski definition) is 1. The van der Waals surface area contributed by atoms with Crippen molar-refractivity contribution in [2.24, 2.45) is 5.92 Å². The van der Waals surface area contributed by atoms with E-state index in [2.05, 4.69) is 15.9 Å². The topological polar surface area (TPSA) is 63.4 Å². The van der Waals surface area contributed by atoms with Gasteiger partial charge in [0.05, 0.1) is 5.69 Å². The van der Waals surface area contributed by atoms with Crippen molar-refractivity contribution in [1.29, 1.82) is 0 Å². The molecule has 0 amide bonds. The Morgan fingerprint density at radius 1 is 1.26 bits per heavy atom. The minimum Gasteiger partial charge on any atom is -0.398 e. The second-order valence-corrected chi connectivity index (χ2v) is 8.21. The molecular formula is C13H17BrN2O2S. The third-order valence-electron chi connectivity index (χ3n) is 3.65. The second kappa shape index (κ2) is 4.75. The smallest absolute Gasteiger partial charge is 0.245 e. The summed E-state index contributed by atoms with van der Waals surface area (Å²) in [5, 5.41) is 0. The first-order valence-electron chi connectivity index (χ1n) is 6.55. The van der Waals surface area contributed by atoms with Crippen LogP contribution in [0.2, 0.25) is 0 Å². The van der Waals surface area contributed by atoms with Gasteiger partial charge >= 0.3 is 0 Å². The molecule has 0 aromatic heterocycles. The first-order chi connectivity index (χ1) is 8.98. The number of sulfonamides is 1. The van der Waals surface area contributed by atoms with Gasteiger partial charge in [0.2, 0.25) is 10.0 Å². The van der Waals surface area contributed by atoms with Gasteiger partial charge < -0.3 is 5.73 Å². The molecule has 4 nitrogen and oxygen atoms in total. The molecule has 2 aliphatic rings. The van der Waals surface area contributed by atoms with E-state index in [4.69, 9.17) is 5.73 Å². The zero-order valence-electron chi connectivity index (χ0n) is 10.5. The van der Waals surface area contributed by atoms with Crippen molar-refractivity contribution >= 4 is 31.6 Å². The molecule has 0 aliphatic heterocycles. The van der Waals surface area contributed by atoms with Crippen molar-refractivity contribution in [2.75, 3.05) is 12.3 Å². The average molecular weight is 345 g/mol. The lowest BCUT2D eigenvalue weighted by molar-refractivity contribution is 0.389. The van der Waals surface area contributed by atoms with Crippen LogP contribution in [-0.4, -0.2) is 25.3 Å². The number of nitrogens with zero attached hydrogens (tertiary/aromatic N) is 1. The Morgan fingerprint density at radius 3 is 2.53 bits per heavy atom. The molecular weight excluding hydrogens is 328 g/mol. The summed E-state index contributed by atoms with van der Waals surface area (Å²) < 4.78 is 28.0. The molecule has 0 bridgehead atoms. The molecule has 104 valence electrons. The van der Waals surface area contributed by atoms with Crippen molar-refractivity contribution in [2.45, 2.75) is 36.6 Å². The normalized spacial score (nSPS) is 19.9. The molecule has 0 radical (unpaired) electrons. The maximum absolute atomic E-state index is 12.8. The van der Waals surface area contributed by atoms with Gasteiger partial charge in [-0.1, -0.05) is 15.9 Å². The SMILES string of the molecule is Nc1ccc(Br)cc1S(=O)(=O)N(CC1CC1)C1CC1. The standard InChI is InChI=1S/C13H17BrN2O2S/c14-10-3-6-12(15)13(7-10)19(17,18)16(11-4-5-11)8-9-1-2-9/h3,6-7,9,11H,1-2,4-5,8,15H2. The minimum absolute atomic E-state index is 0.184. The molecule has 6 heteroatoms. The summed E-state index contributed by atoms with van der Waals surface area (Å²) in [7, 11) is -3.47. The molecule has 1 aromatic carbocycles. The Balaban J connectivity index is 1.96. The zero-order valence-corrected chi connectivity index (χ0v) is 13.0. The van der Waals surface area contributed by atoms with Crippen LogP contribution in [0.15, 0.2) is 27.6 Å². The van der Waals surface area contributed by atoms with Crippen LogP contribution in [0.3, 0.4) is 0 Å². The van der Waals surface area contributed by atoms with Gasteiger partial charge in [-0.25, -0.2) is 8.42 Å². The molecule has 0 atom stereocenters. The Bertz CT molecular complexity index is 595. The van der Waals surface area contributed by atoms with Gasteiger partial charge in [0.15, 0.2) is 0 Å². The fourth-order valence-electron chi connectivity index (χ4n) is 2.22. The highest BCUT2D eigenvalue weighted by molar-refractivity contribution is 9.10. The highest BCUT2D eigenvalue weighted by Gasteiger charge is 2.41. The van der Waals surface area contributed by atoms with E-state index in [-0.39, 0.29) is 10.9 Å².